The monoisotopic (exact) mass is 260 g/mol. The maximum absolute atomic E-state index is 4.82. The summed E-state index contributed by atoms with van der Waals surface area (Å²) in [6.07, 6.45) is 20.1. The highest BCUT2D eigenvalue weighted by molar-refractivity contribution is 6.07. The van der Waals surface area contributed by atoms with Gasteiger partial charge in [-0.05, 0) is 30.2 Å². The highest BCUT2D eigenvalue weighted by Crippen LogP contribution is 2.34. The summed E-state index contributed by atoms with van der Waals surface area (Å²) in [5, 5.41) is 0. The first-order valence-corrected chi connectivity index (χ1v) is 7.07. The molecule has 2 heteroatoms. The van der Waals surface area contributed by atoms with Crippen molar-refractivity contribution in [3.8, 4) is 0 Å². The van der Waals surface area contributed by atoms with Gasteiger partial charge >= 0.3 is 0 Å². The topological polar surface area (TPSA) is 24.7 Å². The van der Waals surface area contributed by atoms with Crippen LogP contribution in [-0.4, -0.2) is 11.4 Å². The molecule has 0 spiro atoms. The Morgan fingerprint density at radius 2 is 2.10 bits per heavy atom. The van der Waals surface area contributed by atoms with Crippen LogP contribution in [0.25, 0.3) is 0 Å². The minimum atomic E-state index is 0.357. The van der Waals surface area contributed by atoms with E-state index < -0.39 is 0 Å². The average molecular weight is 260 g/mol. The second kappa shape index (κ2) is 4.41. The molecule has 2 nitrogen and oxygen atoms in total. The SMILES string of the molecule is CC1=CC=CC2C=C(CC3=CN=C4C=CC=CC34)N=C12. The fourth-order valence-electron chi connectivity index (χ4n) is 3.12. The van der Waals surface area contributed by atoms with Gasteiger partial charge in [0.1, 0.15) is 0 Å². The predicted molar refractivity (Wildman–Crippen MR) is 83.8 cm³/mol. The van der Waals surface area contributed by atoms with Gasteiger partial charge in [-0.1, -0.05) is 36.5 Å². The second-order valence-electron chi connectivity index (χ2n) is 5.57. The van der Waals surface area contributed by atoms with E-state index in [0.717, 1.165) is 12.1 Å². The Labute approximate surface area is 119 Å². The summed E-state index contributed by atoms with van der Waals surface area (Å²) >= 11 is 0. The van der Waals surface area contributed by atoms with Gasteiger partial charge < -0.3 is 0 Å². The average Bonchev–Trinajstić information content (AvgIpc) is 3.05. The predicted octanol–water partition coefficient (Wildman–Crippen LogP) is 3.93. The maximum atomic E-state index is 4.82. The summed E-state index contributed by atoms with van der Waals surface area (Å²) in [7, 11) is 0. The van der Waals surface area contributed by atoms with E-state index in [0.29, 0.717) is 11.8 Å². The summed E-state index contributed by atoms with van der Waals surface area (Å²) in [6, 6.07) is 0. The number of rotatable bonds is 2. The molecule has 0 bridgehead atoms. The van der Waals surface area contributed by atoms with Gasteiger partial charge in [-0.3, -0.25) is 9.98 Å². The Morgan fingerprint density at radius 1 is 1.15 bits per heavy atom. The van der Waals surface area contributed by atoms with Crippen molar-refractivity contribution in [3.63, 3.8) is 0 Å². The smallest absolute Gasteiger partial charge is 0.0543 e. The van der Waals surface area contributed by atoms with E-state index in [1.807, 2.05) is 6.20 Å². The van der Waals surface area contributed by atoms with Crippen molar-refractivity contribution in [3.05, 3.63) is 71.7 Å². The van der Waals surface area contributed by atoms with Crippen LogP contribution in [0.1, 0.15) is 13.3 Å². The van der Waals surface area contributed by atoms with Crippen LogP contribution in [0.2, 0.25) is 0 Å². The maximum Gasteiger partial charge on any atom is 0.0543 e. The standard InChI is InChI=1S/C18H16N2/c1-12-5-4-6-13-9-15(20-18(12)13)10-14-11-19-17-8-3-2-7-16(14)17/h2-9,11,13,16H,10H2,1H3. The molecule has 4 rings (SSSR count). The van der Waals surface area contributed by atoms with Crippen LogP contribution in [0.3, 0.4) is 0 Å². The Bertz CT molecular complexity index is 706. The Kier molecular flexibility index (Phi) is 2.56. The molecular weight excluding hydrogens is 244 g/mol. The lowest BCUT2D eigenvalue weighted by molar-refractivity contribution is 0.947. The van der Waals surface area contributed by atoms with Crippen LogP contribution < -0.4 is 0 Å². The second-order valence-corrected chi connectivity index (χ2v) is 5.57. The molecule has 0 radical (unpaired) electrons. The van der Waals surface area contributed by atoms with Crippen LogP contribution in [-0.2, 0) is 0 Å². The number of hydrogen-bond donors (Lipinski definition) is 0. The molecule has 98 valence electrons. The van der Waals surface area contributed by atoms with Gasteiger partial charge in [0.2, 0.25) is 0 Å². The number of allylic oxidation sites excluding steroid dienone is 10. The van der Waals surface area contributed by atoms with E-state index >= 15 is 0 Å². The van der Waals surface area contributed by atoms with Gasteiger partial charge in [-0.2, -0.15) is 0 Å². The molecule has 0 fully saturated rings. The molecule has 0 aromatic carbocycles. The fraction of sp³-hybridized carbons (Fsp3) is 0.222. The van der Waals surface area contributed by atoms with Gasteiger partial charge in [-0.15, -0.1) is 0 Å². The largest absolute Gasteiger partial charge is 0.260 e. The molecule has 0 amide bonds. The molecule has 0 aromatic heterocycles. The fourth-order valence-corrected chi connectivity index (χ4v) is 3.12. The van der Waals surface area contributed by atoms with Gasteiger partial charge in [-0.25, -0.2) is 0 Å². The van der Waals surface area contributed by atoms with Gasteiger partial charge in [0, 0.05) is 30.2 Å². The molecule has 0 saturated carbocycles. The summed E-state index contributed by atoms with van der Waals surface area (Å²) in [5.74, 6) is 0.732. The van der Waals surface area contributed by atoms with E-state index in [4.69, 9.17) is 4.99 Å². The zero-order valence-electron chi connectivity index (χ0n) is 11.5. The van der Waals surface area contributed by atoms with E-state index in [1.54, 1.807) is 0 Å². The van der Waals surface area contributed by atoms with Crippen molar-refractivity contribution >= 4 is 11.4 Å². The number of fused-ring (bicyclic) bond motifs is 2. The molecule has 4 aliphatic rings. The van der Waals surface area contributed by atoms with E-state index in [2.05, 4.69) is 60.5 Å². The molecule has 2 aliphatic heterocycles. The van der Waals surface area contributed by atoms with E-state index in [1.165, 1.54) is 22.6 Å². The first-order valence-electron chi connectivity index (χ1n) is 7.07. The molecule has 0 saturated heterocycles. The molecule has 20 heavy (non-hydrogen) atoms. The van der Waals surface area contributed by atoms with Crippen molar-refractivity contribution in [2.24, 2.45) is 21.8 Å². The first-order chi connectivity index (χ1) is 9.81. The molecule has 2 heterocycles. The van der Waals surface area contributed by atoms with Crippen LogP contribution in [0.5, 0.6) is 0 Å². The minimum absolute atomic E-state index is 0.357. The van der Waals surface area contributed by atoms with Gasteiger partial charge in [0.25, 0.3) is 0 Å². The lowest BCUT2D eigenvalue weighted by Gasteiger charge is -2.13. The Balaban J connectivity index is 1.55. The molecule has 0 aromatic rings. The van der Waals surface area contributed by atoms with Gasteiger partial charge in [0.15, 0.2) is 0 Å². The highest BCUT2D eigenvalue weighted by Gasteiger charge is 2.26. The molecular formula is C18H16N2. The zero-order chi connectivity index (χ0) is 13.5. The van der Waals surface area contributed by atoms with E-state index in [9.17, 15) is 0 Å². The van der Waals surface area contributed by atoms with Crippen LogP contribution in [0, 0.1) is 11.8 Å². The zero-order valence-corrected chi connectivity index (χ0v) is 11.5. The lowest BCUT2D eigenvalue weighted by Crippen LogP contribution is -2.10. The molecule has 2 unspecified atom stereocenters. The third-order valence-electron chi connectivity index (χ3n) is 4.18. The molecule has 2 atom stereocenters. The van der Waals surface area contributed by atoms with Crippen LogP contribution >= 0.6 is 0 Å². The van der Waals surface area contributed by atoms with Crippen molar-refractivity contribution in [1.29, 1.82) is 0 Å². The van der Waals surface area contributed by atoms with Crippen molar-refractivity contribution < 1.29 is 0 Å². The first kappa shape index (κ1) is 11.6. The Hall–Kier alpha value is -2.22. The number of nitrogens with zero attached hydrogens (tertiary/aromatic N) is 2. The molecule has 0 N–H and O–H groups in total. The normalized spacial score (nSPS) is 29.4. The summed E-state index contributed by atoms with van der Waals surface area (Å²) in [5.41, 5.74) is 6.17. The highest BCUT2D eigenvalue weighted by atomic mass is 14.8. The minimum Gasteiger partial charge on any atom is -0.260 e. The lowest BCUT2D eigenvalue weighted by atomic mass is 9.90. The summed E-state index contributed by atoms with van der Waals surface area (Å²) in [6.45, 7) is 2.14. The van der Waals surface area contributed by atoms with E-state index in [-0.39, 0.29) is 0 Å². The Morgan fingerprint density at radius 3 is 3.00 bits per heavy atom. The quantitative estimate of drug-likeness (QED) is 0.718. The van der Waals surface area contributed by atoms with Crippen molar-refractivity contribution in [1.82, 2.24) is 0 Å². The third-order valence-corrected chi connectivity index (χ3v) is 4.18. The van der Waals surface area contributed by atoms with Crippen LogP contribution in [0.4, 0.5) is 0 Å². The third kappa shape index (κ3) is 1.80. The van der Waals surface area contributed by atoms with Crippen molar-refractivity contribution in [2.45, 2.75) is 13.3 Å². The summed E-state index contributed by atoms with van der Waals surface area (Å²) in [4.78, 5) is 9.32. The molecule has 2 aliphatic carbocycles. The number of aliphatic imine (C=N–C) groups is 2. The number of hydrogen-bond acceptors (Lipinski definition) is 2. The van der Waals surface area contributed by atoms with Crippen molar-refractivity contribution in [2.75, 3.05) is 0 Å². The van der Waals surface area contributed by atoms with Crippen LogP contribution in [0.15, 0.2) is 81.6 Å². The summed E-state index contributed by atoms with van der Waals surface area (Å²) < 4.78 is 0. The van der Waals surface area contributed by atoms with Gasteiger partial charge in [0.05, 0.1) is 11.4 Å².